The van der Waals surface area contributed by atoms with Crippen molar-refractivity contribution in [3.05, 3.63) is 64.4 Å². The van der Waals surface area contributed by atoms with E-state index in [1.807, 2.05) is 53.4 Å². The number of fused-ring (bicyclic) bond motifs is 1. The number of likely N-dealkylation sites (tertiary alicyclic amines) is 1. The Balaban J connectivity index is 1.50. The van der Waals surface area contributed by atoms with Crippen LogP contribution >= 0.6 is 15.9 Å². The van der Waals surface area contributed by atoms with Crippen molar-refractivity contribution in [2.45, 2.75) is 31.3 Å². The fraction of sp³-hybridized carbons (Fsp3) is 0.348. The molecule has 0 unspecified atom stereocenters. The van der Waals surface area contributed by atoms with Gasteiger partial charge in [-0.15, -0.1) is 0 Å². The molecule has 2 aromatic carbocycles. The highest BCUT2D eigenvalue weighted by atomic mass is 79.9. The number of methoxy groups -OCH3 is 1. The molecule has 8 heteroatoms. The summed E-state index contributed by atoms with van der Waals surface area (Å²) in [4.78, 5) is 35.9. The number of H-pyrrole nitrogens is 1. The van der Waals surface area contributed by atoms with E-state index in [1.165, 1.54) is 7.11 Å². The highest BCUT2D eigenvalue weighted by Gasteiger charge is 2.55. The summed E-state index contributed by atoms with van der Waals surface area (Å²) in [7, 11) is 1.30. The van der Waals surface area contributed by atoms with Crippen LogP contribution in [0, 0.1) is 5.41 Å². The third-order valence-corrected chi connectivity index (χ3v) is 6.85. The Kier molecular flexibility index (Phi) is 4.97. The summed E-state index contributed by atoms with van der Waals surface area (Å²) in [6.07, 6.45) is 2.46. The van der Waals surface area contributed by atoms with Crippen LogP contribution < -0.4 is 5.32 Å². The van der Waals surface area contributed by atoms with Gasteiger partial charge in [0, 0.05) is 11.0 Å². The molecule has 2 atom stereocenters. The molecule has 2 heterocycles. The van der Waals surface area contributed by atoms with Gasteiger partial charge in [-0.1, -0.05) is 46.3 Å². The van der Waals surface area contributed by atoms with Gasteiger partial charge in [-0.05, 0) is 48.4 Å². The quantitative estimate of drug-likeness (QED) is 0.573. The molecule has 1 aromatic heterocycles. The van der Waals surface area contributed by atoms with Gasteiger partial charge in [-0.2, -0.15) is 0 Å². The number of aromatic amines is 1. The van der Waals surface area contributed by atoms with Gasteiger partial charge in [0.2, 0.25) is 0 Å². The van der Waals surface area contributed by atoms with Gasteiger partial charge in [0.1, 0.15) is 11.9 Å². The van der Waals surface area contributed by atoms with Crippen molar-refractivity contribution in [3.8, 4) is 0 Å². The van der Waals surface area contributed by atoms with E-state index in [4.69, 9.17) is 9.72 Å². The van der Waals surface area contributed by atoms with E-state index in [-0.39, 0.29) is 17.4 Å². The van der Waals surface area contributed by atoms with E-state index in [2.05, 4.69) is 26.2 Å². The first-order valence-corrected chi connectivity index (χ1v) is 11.1. The number of rotatable bonds is 4. The topological polar surface area (TPSA) is 87.3 Å². The second-order valence-corrected chi connectivity index (χ2v) is 9.36. The average molecular weight is 483 g/mol. The predicted octanol–water partition coefficient (Wildman–Crippen LogP) is 4.48. The molecule has 2 aliphatic rings. The smallest absolute Gasteiger partial charge is 0.407 e. The monoisotopic (exact) mass is 482 g/mol. The zero-order valence-electron chi connectivity index (χ0n) is 17.1. The van der Waals surface area contributed by atoms with Crippen molar-refractivity contribution in [3.63, 3.8) is 0 Å². The number of alkyl carbamates (subject to hydrolysis) is 1. The van der Waals surface area contributed by atoms with Gasteiger partial charge in [0.25, 0.3) is 5.91 Å². The number of hydrogen-bond acceptors (Lipinski definition) is 4. The highest BCUT2D eigenvalue weighted by Crippen LogP contribution is 2.58. The van der Waals surface area contributed by atoms with Crippen molar-refractivity contribution in [1.29, 1.82) is 0 Å². The Bertz CT molecular complexity index is 1140. The van der Waals surface area contributed by atoms with Gasteiger partial charge in [-0.3, -0.25) is 4.79 Å². The van der Waals surface area contributed by atoms with Crippen LogP contribution in [-0.4, -0.2) is 40.5 Å². The van der Waals surface area contributed by atoms with Gasteiger partial charge in [0.05, 0.1) is 24.2 Å². The molecule has 2 fully saturated rings. The van der Waals surface area contributed by atoms with Crippen molar-refractivity contribution in [2.75, 3.05) is 13.7 Å². The zero-order chi connectivity index (χ0) is 21.6. The molecule has 7 nitrogen and oxygen atoms in total. The second kappa shape index (κ2) is 7.67. The summed E-state index contributed by atoms with van der Waals surface area (Å²) in [5, 5.41) is 2.72. The molecule has 3 aromatic rings. The summed E-state index contributed by atoms with van der Waals surface area (Å²) in [5.41, 5.74) is 2.68. The van der Waals surface area contributed by atoms with E-state index in [1.54, 1.807) is 0 Å². The zero-order valence-corrected chi connectivity index (χ0v) is 18.7. The first-order chi connectivity index (χ1) is 15.0. The lowest BCUT2D eigenvalue weighted by molar-refractivity contribution is -0.134. The minimum absolute atomic E-state index is 0.146. The molecule has 31 heavy (non-hydrogen) atoms. The number of aromatic nitrogens is 2. The van der Waals surface area contributed by atoms with Crippen molar-refractivity contribution >= 4 is 39.0 Å². The van der Waals surface area contributed by atoms with E-state index in [0.29, 0.717) is 6.54 Å². The molecule has 5 rings (SSSR count). The third-order valence-electron chi connectivity index (χ3n) is 6.35. The fourth-order valence-corrected chi connectivity index (χ4v) is 4.87. The number of hydrogen-bond donors (Lipinski definition) is 2. The Labute approximate surface area is 188 Å². The molecule has 0 radical (unpaired) electrons. The molecule has 2 amide bonds. The molecule has 0 bridgehead atoms. The maximum absolute atomic E-state index is 13.8. The molecule has 1 aliphatic carbocycles. The standard InChI is InChI=1S/C23H23BrN4O3/c1-31-22(30)27-19(14-5-3-2-4-6-14)21(29)28-13-23(9-10-23)12-18(28)20-25-16-8-7-15(24)11-17(16)26-20/h2-8,11,18-19H,9-10,12-13H2,1H3,(H,25,26)(H,27,30)/t18-,19-/m0/s1. The van der Waals surface area contributed by atoms with E-state index >= 15 is 0 Å². The number of benzene rings is 2. The number of carbonyl (C=O) groups is 2. The summed E-state index contributed by atoms with van der Waals surface area (Å²) >= 11 is 3.50. The minimum Gasteiger partial charge on any atom is -0.453 e. The van der Waals surface area contributed by atoms with E-state index in [0.717, 1.165) is 46.2 Å². The van der Waals surface area contributed by atoms with Crippen LogP contribution in [0.15, 0.2) is 53.0 Å². The predicted molar refractivity (Wildman–Crippen MR) is 119 cm³/mol. The molecule has 1 spiro atoms. The first kappa shape index (κ1) is 20.1. The maximum atomic E-state index is 13.8. The molecule has 1 aliphatic heterocycles. The third kappa shape index (κ3) is 3.80. The highest BCUT2D eigenvalue weighted by molar-refractivity contribution is 9.10. The number of nitrogens with zero attached hydrogens (tertiary/aromatic N) is 2. The number of imidazole rings is 1. The van der Waals surface area contributed by atoms with Gasteiger partial charge in [0.15, 0.2) is 0 Å². The Hall–Kier alpha value is -2.87. The van der Waals surface area contributed by atoms with Gasteiger partial charge < -0.3 is 19.9 Å². The number of halogens is 1. The van der Waals surface area contributed by atoms with Crippen molar-refractivity contribution in [1.82, 2.24) is 20.2 Å². The van der Waals surface area contributed by atoms with Crippen LogP contribution in [-0.2, 0) is 9.53 Å². The van der Waals surface area contributed by atoms with E-state index < -0.39 is 12.1 Å². The van der Waals surface area contributed by atoms with Crippen molar-refractivity contribution < 1.29 is 14.3 Å². The number of amides is 2. The largest absolute Gasteiger partial charge is 0.453 e. The number of carbonyl (C=O) groups excluding carboxylic acids is 2. The first-order valence-electron chi connectivity index (χ1n) is 10.3. The number of ether oxygens (including phenoxy) is 1. The number of nitrogens with one attached hydrogen (secondary N) is 2. The Morgan fingerprint density at radius 2 is 2.03 bits per heavy atom. The van der Waals surface area contributed by atoms with Crippen LogP contribution in [0.1, 0.15) is 42.7 Å². The van der Waals surface area contributed by atoms with Crippen LogP contribution in [0.5, 0.6) is 0 Å². The summed E-state index contributed by atoms with van der Waals surface area (Å²) in [6.45, 7) is 0.670. The Morgan fingerprint density at radius 3 is 2.74 bits per heavy atom. The SMILES string of the molecule is COC(=O)N[C@H](C(=O)N1CC2(CC2)C[C@H]1c1nc2ccc(Br)cc2[nH]1)c1ccccc1. The molecule has 2 N–H and O–H groups in total. The lowest BCUT2D eigenvalue weighted by atomic mass is 10.0. The average Bonchev–Trinajstić information content (AvgIpc) is 3.23. The van der Waals surface area contributed by atoms with Crippen LogP contribution in [0.25, 0.3) is 11.0 Å². The minimum atomic E-state index is -0.816. The summed E-state index contributed by atoms with van der Waals surface area (Å²) in [5.74, 6) is 0.641. The van der Waals surface area contributed by atoms with Crippen LogP contribution in [0.3, 0.4) is 0 Å². The lowest BCUT2D eigenvalue weighted by Crippen LogP contribution is -2.43. The van der Waals surface area contributed by atoms with Crippen LogP contribution in [0.2, 0.25) is 0 Å². The molecule has 1 saturated heterocycles. The Morgan fingerprint density at radius 1 is 1.26 bits per heavy atom. The van der Waals surface area contributed by atoms with Crippen molar-refractivity contribution in [2.24, 2.45) is 5.41 Å². The lowest BCUT2D eigenvalue weighted by Gasteiger charge is -2.28. The summed E-state index contributed by atoms with van der Waals surface area (Å²) in [6, 6.07) is 14.2. The molecular formula is C23H23BrN4O3. The maximum Gasteiger partial charge on any atom is 0.407 e. The second-order valence-electron chi connectivity index (χ2n) is 8.45. The molecule has 1 saturated carbocycles. The van der Waals surface area contributed by atoms with E-state index in [9.17, 15) is 9.59 Å². The van der Waals surface area contributed by atoms with Gasteiger partial charge >= 0.3 is 6.09 Å². The van der Waals surface area contributed by atoms with Crippen LogP contribution in [0.4, 0.5) is 4.79 Å². The molecular weight excluding hydrogens is 460 g/mol. The van der Waals surface area contributed by atoms with Gasteiger partial charge in [-0.25, -0.2) is 9.78 Å². The molecule has 160 valence electrons. The normalized spacial score (nSPS) is 20.1. The summed E-state index contributed by atoms with van der Waals surface area (Å²) < 4.78 is 5.76. The fourth-order valence-electron chi connectivity index (χ4n) is 4.51.